The summed E-state index contributed by atoms with van der Waals surface area (Å²) >= 11 is 13.6. The molecular formula is C28H19Cl2N3O2S. The van der Waals surface area contributed by atoms with E-state index in [1.807, 2.05) is 54.6 Å². The zero-order valence-corrected chi connectivity index (χ0v) is 21.2. The van der Waals surface area contributed by atoms with Crippen LogP contribution in [-0.2, 0) is 11.3 Å². The van der Waals surface area contributed by atoms with Gasteiger partial charge in [-0.15, -0.1) is 5.10 Å². The zero-order valence-electron chi connectivity index (χ0n) is 18.8. The van der Waals surface area contributed by atoms with E-state index in [0.29, 0.717) is 31.4 Å². The summed E-state index contributed by atoms with van der Waals surface area (Å²) in [5.41, 5.74) is 3.80. The first-order valence-corrected chi connectivity index (χ1v) is 12.6. The van der Waals surface area contributed by atoms with Gasteiger partial charge in [0.25, 0.3) is 5.91 Å². The number of halogens is 2. The summed E-state index contributed by atoms with van der Waals surface area (Å²) < 4.78 is 5.46. The Kier molecular flexibility index (Phi) is 7.37. The highest BCUT2D eigenvalue weighted by molar-refractivity contribution is 8.18. The van der Waals surface area contributed by atoms with Crippen LogP contribution < -0.4 is 0 Å². The van der Waals surface area contributed by atoms with Gasteiger partial charge in [-0.3, -0.25) is 9.69 Å². The number of nitrogens with zero attached hydrogens (tertiary/aromatic N) is 3. The second-order valence-electron chi connectivity index (χ2n) is 7.84. The summed E-state index contributed by atoms with van der Waals surface area (Å²) in [7, 11) is 0. The van der Waals surface area contributed by atoms with Crippen LogP contribution in [0.15, 0.2) is 111 Å². The number of thioether (sulfide) groups is 1. The van der Waals surface area contributed by atoms with Crippen molar-refractivity contribution in [1.29, 1.82) is 0 Å². The zero-order chi connectivity index (χ0) is 24.9. The lowest BCUT2D eigenvalue weighted by Gasteiger charge is -2.12. The van der Waals surface area contributed by atoms with Crippen molar-refractivity contribution in [3.8, 4) is 11.1 Å². The van der Waals surface area contributed by atoms with Gasteiger partial charge in [-0.1, -0.05) is 89.9 Å². The fourth-order valence-electron chi connectivity index (χ4n) is 3.59. The summed E-state index contributed by atoms with van der Waals surface area (Å²) in [5, 5.41) is 9.76. The molecule has 178 valence electrons. The Morgan fingerprint density at radius 2 is 1.67 bits per heavy atom. The summed E-state index contributed by atoms with van der Waals surface area (Å²) in [6, 6.07) is 27.1. The van der Waals surface area contributed by atoms with E-state index in [1.165, 1.54) is 18.0 Å². The summed E-state index contributed by atoms with van der Waals surface area (Å²) in [6.07, 6.45) is 4.95. The molecule has 0 saturated carbocycles. The van der Waals surface area contributed by atoms with E-state index in [-0.39, 0.29) is 12.5 Å². The number of benzene rings is 3. The summed E-state index contributed by atoms with van der Waals surface area (Å²) in [6.45, 7) is 0.245. The second-order valence-corrected chi connectivity index (χ2v) is 9.63. The van der Waals surface area contributed by atoms with Gasteiger partial charge >= 0.3 is 0 Å². The van der Waals surface area contributed by atoms with Gasteiger partial charge in [-0.25, -0.2) is 0 Å². The average Bonchev–Trinajstić information content (AvgIpc) is 3.52. The average molecular weight is 532 g/mol. The van der Waals surface area contributed by atoms with Crippen LogP contribution in [0.1, 0.15) is 16.9 Å². The van der Waals surface area contributed by atoms with Gasteiger partial charge in [0.15, 0.2) is 5.17 Å². The number of carbonyl (C=O) groups is 1. The Bertz CT molecular complexity index is 1460. The Balaban J connectivity index is 1.41. The first-order chi connectivity index (χ1) is 17.6. The maximum absolute atomic E-state index is 13.3. The van der Waals surface area contributed by atoms with Crippen molar-refractivity contribution in [3.05, 3.63) is 123 Å². The SMILES string of the molecule is O=C1/C(=C/c2ccc(-c3ccccc3)cc2)S/C(=N\N=C\c2cccc(Cl)c2Cl)N1Cc1ccco1. The van der Waals surface area contributed by atoms with Gasteiger partial charge in [-0.2, -0.15) is 5.10 Å². The van der Waals surface area contributed by atoms with Crippen molar-refractivity contribution in [2.24, 2.45) is 10.2 Å². The highest BCUT2D eigenvalue weighted by atomic mass is 35.5. The molecule has 1 fully saturated rings. The van der Waals surface area contributed by atoms with Gasteiger partial charge in [0.2, 0.25) is 0 Å². The molecule has 4 aromatic rings. The van der Waals surface area contributed by atoms with E-state index >= 15 is 0 Å². The molecule has 0 N–H and O–H groups in total. The predicted octanol–water partition coefficient (Wildman–Crippen LogP) is 7.76. The number of hydrogen-bond acceptors (Lipinski definition) is 5. The van der Waals surface area contributed by atoms with Gasteiger partial charge < -0.3 is 4.42 Å². The standard InChI is InChI=1S/C28H19Cl2N3O2S/c29-24-10-4-8-22(26(24)30)17-31-32-28-33(18-23-9-5-15-35-23)27(34)25(36-28)16-19-11-13-21(14-12-19)20-6-2-1-3-7-20/h1-17H,18H2/b25-16-,31-17+,32-28-. The normalized spacial score (nSPS) is 16.1. The third-order valence-electron chi connectivity index (χ3n) is 5.42. The minimum Gasteiger partial charge on any atom is -0.467 e. The first kappa shape index (κ1) is 24.1. The van der Waals surface area contributed by atoms with Crippen molar-refractivity contribution in [2.45, 2.75) is 6.54 Å². The molecule has 1 saturated heterocycles. The number of amides is 1. The minimum atomic E-state index is -0.168. The van der Waals surface area contributed by atoms with Crippen molar-refractivity contribution in [1.82, 2.24) is 4.90 Å². The molecular weight excluding hydrogens is 513 g/mol. The van der Waals surface area contributed by atoms with E-state index < -0.39 is 0 Å². The fourth-order valence-corrected chi connectivity index (χ4v) is 4.89. The third kappa shape index (κ3) is 5.46. The van der Waals surface area contributed by atoms with Crippen LogP contribution in [-0.4, -0.2) is 22.2 Å². The molecule has 2 heterocycles. The van der Waals surface area contributed by atoms with Crippen molar-refractivity contribution >= 4 is 58.3 Å². The Morgan fingerprint density at radius 3 is 2.42 bits per heavy atom. The summed E-state index contributed by atoms with van der Waals surface area (Å²) in [5.74, 6) is 0.477. The number of carbonyl (C=O) groups excluding carboxylic acids is 1. The minimum absolute atomic E-state index is 0.168. The predicted molar refractivity (Wildman–Crippen MR) is 148 cm³/mol. The highest BCUT2D eigenvalue weighted by Gasteiger charge is 2.34. The molecule has 0 spiro atoms. The molecule has 1 amide bonds. The van der Waals surface area contributed by atoms with Crippen LogP contribution >= 0.6 is 35.0 Å². The monoisotopic (exact) mass is 531 g/mol. The molecule has 0 atom stereocenters. The molecule has 1 aliphatic rings. The fraction of sp³-hybridized carbons (Fsp3) is 0.0357. The lowest BCUT2D eigenvalue weighted by molar-refractivity contribution is -0.122. The van der Waals surface area contributed by atoms with Crippen molar-refractivity contribution in [3.63, 3.8) is 0 Å². The molecule has 36 heavy (non-hydrogen) atoms. The molecule has 1 aromatic heterocycles. The number of hydrogen-bond donors (Lipinski definition) is 0. The topological polar surface area (TPSA) is 58.2 Å². The largest absolute Gasteiger partial charge is 0.467 e. The molecule has 3 aromatic carbocycles. The molecule has 8 heteroatoms. The smallest absolute Gasteiger partial charge is 0.267 e. The molecule has 0 radical (unpaired) electrons. The van der Waals surface area contributed by atoms with Gasteiger partial charge in [0.1, 0.15) is 5.76 Å². The molecule has 1 aliphatic heterocycles. The van der Waals surface area contributed by atoms with Crippen LogP contribution in [0.2, 0.25) is 10.0 Å². The van der Waals surface area contributed by atoms with Crippen molar-refractivity contribution < 1.29 is 9.21 Å². The summed E-state index contributed by atoms with van der Waals surface area (Å²) in [4.78, 5) is 15.4. The molecule has 0 aliphatic carbocycles. The Morgan fingerprint density at radius 1 is 0.889 bits per heavy atom. The van der Waals surface area contributed by atoms with Gasteiger partial charge in [0, 0.05) is 5.56 Å². The number of furan rings is 1. The molecule has 5 nitrogen and oxygen atoms in total. The lowest BCUT2D eigenvalue weighted by Crippen LogP contribution is -2.28. The molecule has 5 rings (SSSR count). The lowest BCUT2D eigenvalue weighted by atomic mass is 10.0. The molecule has 0 unspecified atom stereocenters. The van der Waals surface area contributed by atoms with Crippen LogP contribution in [0.3, 0.4) is 0 Å². The van der Waals surface area contributed by atoms with Crippen LogP contribution in [0.5, 0.6) is 0 Å². The third-order valence-corrected chi connectivity index (χ3v) is 7.25. The molecule has 0 bridgehead atoms. The maximum Gasteiger partial charge on any atom is 0.267 e. The second kappa shape index (κ2) is 11.0. The first-order valence-electron chi connectivity index (χ1n) is 11.0. The quantitative estimate of drug-likeness (QED) is 0.145. The number of rotatable bonds is 6. The van der Waals surface area contributed by atoms with Crippen molar-refractivity contribution in [2.75, 3.05) is 0 Å². The Hall–Kier alpha value is -3.58. The Labute approximate surface area is 222 Å². The van der Waals surface area contributed by atoms with Gasteiger partial charge in [0.05, 0.1) is 34.0 Å². The van der Waals surface area contributed by atoms with E-state index in [2.05, 4.69) is 22.3 Å². The maximum atomic E-state index is 13.3. The number of amidine groups is 1. The van der Waals surface area contributed by atoms with Crippen LogP contribution in [0.25, 0.3) is 17.2 Å². The van der Waals surface area contributed by atoms with E-state index in [0.717, 1.165) is 16.7 Å². The van der Waals surface area contributed by atoms with E-state index in [1.54, 1.807) is 35.4 Å². The van der Waals surface area contributed by atoms with E-state index in [9.17, 15) is 4.79 Å². The van der Waals surface area contributed by atoms with E-state index in [4.69, 9.17) is 27.6 Å². The van der Waals surface area contributed by atoms with Gasteiger partial charge in [-0.05, 0) is 52.7 Å². The highest BCUT2D eigenvalue weighted by Crippen LogP contribution is 2.34. The van der Waals surface area contributed by atoms with Crippen LogP contribution in [0, 0.1) is 0 Å². The van der Waals surface area contributed by atoms with Crippen LogP contribution in [0.4, 0.5) is 0 Å².